The van der Waals surface area contributed by atoms with Gasteiger partial charge in [0.2, 0.25) is 0 Å². The van der Waals surface area contributed by atoms with E-state index in [9.17, 15) is 14.4 Å². The summed E-state index contributed by atoms with van der Waals surface area (Å²) in [5.41, 5.74) is 1.62. The number of rotatable bonds is 2. The van der Waals surface area contributed by atoms with Gasteiger partial charge in [-0.15, -0.1) is 22.7 Å². The number of halogens is 2. The Kier molecular flexibility index (Phi) is 3.80. The number of hydrogen-bond acceptors (Lipinski definition) is 4. The molecule has 0 saturated heterocycles. The van der Waals surface area contributed by atoms with Gasteiger partial charge in [0.15, 0.2) is 0 Å². The Morgan fingerprint density at radius 2 is 2.17 bits per heavy atom. The van der Waals surface area contributed by atoms with Crippen molar-refractivity contribution in [3.63, 3.8) is 0 Å². The highest BCUT2D eigenvalue weighted by Gasteiger charge is 2.25. The first-order chi connectivity index (χ1) is 11.6. The maximum absolute atomic E-state index is 13.3. The molecule has 0 radical (unpaired) electrons. The van der Waals surface area contributed by atoms with Gasteiger partial charge >= 0.3 is 0 Å². The van der Waals surface area contributed by atoms with Crippen LogP contribution in [0.4, 0.5) is 9.39 Å². The average Bonchev–Trinajstić information content (AvgIpc) is 3.20. The van der Waals surface area contributed by atoms with Crippen LogP contribution in [0, 0.1) is 17.1 Å². The zero-order chi connectivity index (χ0) is 16.8. The van der Waals surface area contributed by atoms with Crippen molar-refractivity contribution in [1.82, 2.24) is 0 Å². The van der Waals surface area contributed by atoms with Crippen molar-refractivity contribution in [2.45, 2.75) is 19.3 Å². The number of hydrogen-bond donors (Lipinski definition) is 1. The fourth-order valence-corrected chi connectivity index (χ4v) is 5.63. The van der Waals surface area contributed by atoms with Gasteiger partial charge in [0.25, 0.3) is 5.91 Å². The first-order valence-corrected chi connectivity index (χ1v) is 9.33. The number of aryl methyl sites for hydroxylation is 1. The molecule has 0 saturated carbocycles. The van der Waals surface area contributed by atoms with Crippen molar-refractivity contribution in [2.75, 3.05) is 5.32 Å². The van der Waals surface area contributed by atoms with Crippen LogP contribution in [-0.4, -0.2) is 5.91 Å². The van der Waals surface area contributed by atoms with Crippen molar-refractivity contribution >= 4 is 55.3 Å². The van der Waals surface area contributed by atoms with Crippen molar-refractivity contribution in [1.29, 1.82) is 5.26 Å². The van der Waals surface area contributed by atoms with Crippen LogP contribution in [0.5, 0.6) is 0 Å². The molecule has 7 heteroatoms. The second-order valence-electron chi connectivity index (χ2n) is 5.51. The van der Waals surface area contributed by atoms with E-state index in [4.69, 9.17) is 11.6 Å². The molecule has 1 amide bonds. The number of nitrogens with one attached hydrogen (secondary N) is 1. The smallest absolute Gasteiger partial charge is 0.267 e. The second-order valence-corrected chi connectivity index (χ2v) is 8.05. The van der Waals surface area contributed by atoms with Gasteiger partial charge in [0.1, 0.15) is 21.8 Å². The molecule has 0 aliphatic heterocycles. The molecule has 1 N–H and O–H groups in total. The maximum Gasteiger partial charge on any atom is 0.267 e. The predicted octanol–water partition coefficient (Wildman–Crippen LogP) is 5.37. The van der Waals surface area contributed by atoms with Gasteiger partial charge in [-0.05, 0) is 43.0 Å². The van der Waals surface area contributed by atoms with Crippen LogP contribution in [0.15, 0.2) is 18.2 Å². The van der Waals surface area contributed by atoms with Gasteiger partial charge in [-0.25, -0.2) is 4.39 Å². The van der Waals surface area contributed by atoms with Crippen LogP contribution in [0.25, 0.3) is 10.1 Å². The molecule has 24 heavy (non-hydrogen) atoms. The zero-order valence-electron chi connectivity index (χ0n) is 12.3. The molecule has 2 heterocycles. The lowest BCUT2D eigenvalue weighted by atomic mass is 10.1. The molecule has 0 unspecified atom stereocenters. The first kappa shape index (κ1) is 15.6. The highest BCUT2D eigenvalue weighted by molar-refractivity contribution is 7.22. The van der Waals surface area contributed by atoms with Crippen LogP contribution in [0.1, 0.15) is 32.1 Å². The van der Waals surface area contributed by atoms with Crippen LogP contribution in [0.3, 0.4) is 0 Å². The Morgan fingerprint density at radius 3 is 2.96 bits per heavy atom. The van der Waals surface area contributed by atoms with Crippen LogP contribution >= 0.6 is 34.3 Å². The van der Waals surface area contributed by atoms with Crippen LogP contribution < -0.4 is 5.32 Å². The molecule has 0 atom stereocenters. The van der Waals surface area contributed by atoms with Crippen LogP contribution in [-0.2, 0) is 12.8 Å². The molecular weight excluding hydrogens is 367 g/mol. The van der Waals surface area contributed by atoms with Crippen molar-refractivity contribution in [3.8, 4) is 6.07 Å². The number of benzene rings is 1. The van der Waals surface area contributed by atoms with E-state index in [1.54, 1.807) is 6.07 Å². The van der Waals surface area contributed by atoms with Crippen molar-refractivity contribution in [3.05, 3.63) is 49.9 Å². The minimum Gasteiger partial charge on any atom is -0.312 e. The summed E-state index contributed by atoms with van der Waals surface area (Å²) in [6, 6.07) is 6.45. The van der Waals surface area contributed by atoms with E-state index in [1.165, 1.54) is 28.3 Å². The van der Waals surface area contributed by atoms with Crippen molar-refractivity contribution < 1.29 is 9.18 Å². The molecule has 1 aliphatic rings. The highest BCUT2D eigenvalue weighted by Crippen LogP contribution is 2.40. The third kappa shape index (κ3) is 2.40. The minimum atomic E-state index is -0.367. The SMILES string of the molecule is N#Cc1c(NC(=O)c2sc3cc(F)ccc3c2Cl)sc2c1CCC2. The third-order valence-corrected chi connectivity index (χ3v) is 6.92. The zero-order valence-corrected chi connectivity index (χ0v) is 14.7. The highest BCUT2D eigenvalue weighted by atomic mass is 35.5. The lowest BCUT2D eigenvalue weighted by molar-refractivity contribution is 0.103. The largest absolute Gasteiger partial charge is 0.312 e. The molecule has 2 aromatic heterocycles. The molecule has 4 rings (SSSR count). The summed E-state index contributed by atoms with van der Waals surface area (Å²) in [6.07, 6.45) is 2.89. The summed E-state index contributed by atoms with van der Waals surface area (Å²) in [6.45, 7) is 0. The summed E-state index contributed by atoms with van der Waals surface area (Å²) in [5.74, 6) is -0.730. The number of amides is 1. The fourth-order valence-electron chi connectivity index (χ4n) is 2.96. The molecule has 0 spiro atoms. The number of nitriles is 1. The molecule has 3 nitrogen and oxygen atoms in total. The number of nitrogens with zero attached hydrogens (tertiary/aromatic N) is 1. The topological polar surface area (TPSA) is 52.9 Å². The summed E-state index contributed by atoms with van der Waals surface area (Å²) in [7, 11) is 0. The second kappa shape index (κ2) is 5.85. The Labute approximate surface area is 150 Å². The summed E-state index contributed by atoms with van der Waals surface area (Å²) >= 11 is 8.89. The van der Waals surface area contributed by atoms with Gasteiger partial charge in [-0.2, -0.15) is 5.26 Å². The molecule has 1 aromatic carbocycles. The molecule has 1 aliphatic carbocycles. The van der Waals surface area contributed by atoms with E-state index in [1.807, 2.05) is 0 Å². The monoisotopic (exact) mass is 376 g/mol. The van der Waals surface area contributed by atoms with E-state index in [0.29, 0.717) is 30.6 Å². The summed E-state index contributed by atoms with van der Waals surface area (Å²) < 4.78 is 14.0. The molecule has 120 valence electrons. The van der Waals surface area contributed by atoms with E-state index >= 15 is 0 Å². The lowest BCUT2D eigenvalue weighted by Crippen LogP contribution is -2.10. The Hall–Kier alpha value is -1.94. The summed E-state index contributed by atoms with van der Waals surface area (Å²) in [5, 5.41) is 13.8. The Morgan fingerprint density at radius 1 is 1.33 bits per heavy atom. The van der Waals surface area contributed by atoms with E-state index in [2.05, 4.69) is 11.4 Å². The van der Waals surface area contributed by atoms with E-state index in [-0.39, 0.29) is 11.7 Å². The molecule has 0 bridgehead atoms. The molecule has 0 fully saturated rings. The lowest BCUT2D eigenvalue weighted by Gasteiger charge is -2.02. The molecular formula is C17H10ClFN2OS2. The van der Waals surface area contributed by atoms with E-state index in [0.717, 1.165) is 36.2 Å². The van der Waals surface area contributed by atoms with Crippen molar-refractivity contribution in [2.24, 2.45) is 0 Å². The van der Waals surface area contributed by atoms with Gasteiger partial charge in [-0.1, -0.05) is 11.6 Å². The van der Waals surface area contributed by atoms with E-state index < -0.39 is 0 Å². The Bertz CT molecular complexity index is 1030. The quantitative estimate of drug-likeness (QED) is 0.653. The van der Waals surface area contributed by atoms with Crippen LogP contribution in [0.2, 0.25) is 5.02 Å². The number of carbonyl (C=O) groups is 1. The average molecular weight is 377 g/mol. The number of fused-ring (bicyclic) bond motifs is 2. The fraction of sp³-hybridized carbons (Fsp3) is 0.176. The maximum atomic E-state index is 13.3. The van der Waals surface area contributed by atoms with Gasteiger partial charge in [-0.3, -0.25) is 4.79 Å². The normalized spacial score (nSPS) is 13.0. The Balaban J connectivity index is 1.71. The number of thiophene rings is 2. The minimum absolute atomic E-state index is 0.315. The predicted molar refractivity (Wildman–Crippen MR) is 95.8 cm³/mol. The number of carbonyl (C=O) groups excluding carboxylic acids is 1. The third-order valence-electron chi connectivity index (χ3n) is 4.06. The first-order valence-electron chi connectivity index (χ1n) is 7.32. The standard InChI is InChI=1S/C17H10ClFN2OS2/c18-14-10-5-4-8(19)6-13(10)23-15(14)16(22)21-17-11(7-20)9-2-1-3-12(9)24-17/h4-6H,1-3H2,(H,21,22). The summed E-state index contributed by atoms with van der Waals surface area (Å²) in [4.78, 5) is 14.1. The number of anilines is 1. The van der Waals surface area contributed by atoms with Gasteiger partial charge < -0.3 is 5.32 Å². The van der Waals surface area contributed by atoms with Gasteiger partial charge in [0.05, 0.1) is 10.6 Å². The van der Waals surface area contributed by atoms with Gasteiger partial charge in [0, 0.05) is 15.0 Å². The molecule has 3 aromatic rings.